The maximum atomic E-state index is 12.9. The lowest BCUT2D eigenvalue weighted by atomic mass is 10.1. The van der Waals surface area contributed by atoms with E-state index in [9.17, 15) is 22.8 Å². The van der Waals surface area contributed by atoms with Crippen LogP contribution in [-0.2, 0) is 15.7 Å². The molecule has 0 atom stereocenters. The number of esters is 1. The summed E-state index contributed by atoms with van der Waals surface area (Å²) in [6.07, 6.45) is -3.96. The van der Waals surface area contributed by atoms with Gasteiger partial charge in [-0.1, -0.05) is 12.1 Å². The molecule has 0 spiro atoms. The van der Waals surface area contributed by atoms with E-state index in [4.69, 9.17) is 14.0 Å². The zero-order chi connectivity index (χ0) is 20.9. The van der Waals surface area contributed by atoms with Gasteiger partial charge in [0.1, 0.15) is 17.1 Å². The number of carbonyl (C=O) groups is 2. The van der Waals surface area contributed by atoms with Crippen LogP contribution in [0.1, 0.15) is 40.7 Å². The number of aryl methyl sites for hydroxylation is 2. The topological polar surface area (TPSA) is 90.7 Å². The first kappa shape index (κ1) is 21.3. The SMILES string of the molecule is CCCOc1ccc(C(F)(F)F)cc1NC(=O)COC(=O)c1c(C)noc1C. The number of anilines is 1. The summed E-state index contributed by atoms with van der Waals surface area (Å²) >= 11 is 0. The zero-order valence-electron chi connectivity index (χ0n) is 15.5. The summed E-state index contributed by atoms with van der Waals surface area (Å²) in [5.74, 6) is -1.32. The van der Waals surface area contributed by atoms with E-state index in [-0.39, 0.29) is 29.4 Å². The lowest BCUT2D eigenvalue weighted by molar-refractivity contribution is -0.137. The molecule has 0 unspecified atom stereocenters. The van der Waals surface area contributed by atoms with E-state index in [1.54, 1.807) is 0 Å². The Balaban J connectivity index is 2.10. The van der Waals surface area contributed by atoms with E-state index >= 15 is 0 Å². The second kappa shape index (κ2) is 8.77. The summed E-state index contributed by atoms with van der Waals surface area (Å²) in [6, 6.07) is 2.75. The first-order valence-corrected chi connectivity index (χ1v) is 8.37. The molecule has 10 heteroatoms. The highest BCUT2D eigenvalue weighted by Crippen LogP contribution is 2.35. The average molecular weight is 400 g/mol. The van der Waals surface area contributed by atoms with Gasteiger partial charge in [-0.25, -0.2) is 4.79 Å². The van der Waals surface area contributed by atoms with Gasteiger partial charge in [0, 0.05) is 0 Å². The molecule has 0 fully saturated rings. The molecule has 1 aromatic heterocycles. The molecule has 0 radical (unpaired) electrons. The van der Waals surface area contributed by atoms with E-state index in [2.05, 4.69) is 10.5 Å². The summed E-state index contributed by atoms with van der Waals surface area (Å²) in [5, 5.41) is 5.89. The summed E-state index contributed by atoms with van der Waals surface area (Å²) in [6.45, 7) is 4.43. The quantitative estimate of drug-likeness (QED) is 0.709. The van der Waals surface area contributed by atoms with Crippen molar-refractivity contribution >= 4 is 17.6 Å². The molecular formula is C18H19F3N2O5. The van der Waals surface area contributed by atoms with Crippen molar-refractivity contribution in [2.45, 2.75) is 33.4 Å². The van der Waals surface area contributed by atoms with Crippen molar-refractivity contribution in [2.24, 2.45) is 0 Å². The van der Waals surface area contributed by atoms with Crippen molar-refractivity contribution in [3.63, 3.8) is 0 Å². The van der Waals surface area contributed by atoms with E-state index in [0.29, 0.717) is 12.1 Å². The van der Waals surface area contributed by atoms with Gasteiger partial charge in [-0.3, -0.25) is 4.79 Å². The highest BCUT2D eigenvalue weighted by Gasteiger charge is 2.31. The molecule has 7 nitrogen and oxygen atoms in total. The lowest BCUT2D eigenvalue weighted by Gasteiger charge is -2.15. The Hall–Kier alpha value is -3.04. The standard InChI is InChI=1S/C18H19F3N2O5/c1-4-7-26-14-6-5-12(18(19,20)21)8-13(14)22-15(24)9-27-17(25)16-10(2)23-28-11(16)3/h5-6,8H,4,7,9H2,1-3H3,(H,22,24). The monoisotopic (exact) mass is 400 g/mol. The van der Waals surface area contributed by atoms with E-state index < -0.39 is 30.2 Å². The Morgan fingerprint density at radius 3 is 2.54 bits per heavy atom. The van der Waals surface area contributed by atoms with Gasteiger partial charge in [0.2, 0.25) is 0 Å². The molecule has 0 aliphatic rings. The van der Waals surface area contributed by atoms with Gasteiger partial charge in [-0.2, -0.15) is 13.2 Å². The lowest BCUT2D eigenvalue weighted by Crippen LogP contribution is -2.22. The van der Waals surface area contributed by atoms with E-state index in [0.717, 1.165) is 18.2 Å². The molecular weight excluding hydrogens is 381 g/mol. The smallest absolute Gasteiger partial charge is 0.416 e. The number of nitrogens with one attached hydrogen (secondary N) is 1. The molecule has 0 aliphatic carbocycles. The molecule has 2 aromatic rings. The molecule has 1 N–H and O–H groups in total. The molecule has 1 heterocycles. The number of hydrogen-bond donors (Lipinski definition) is 1. The fourth-order valence-electron chi connectivity index (χ4n) is 2.31. The van der Waals surface area contributed by atoms with Gasteiger partial charge < -0.3 is 19.3 Å². The molecule has 2 rings (SSSR count). The predicted molar refractivity (Wildman–Crippen MR) is 92.1 cm³/mol. The Kier molecular flexibility index (Phi) is 6.66. The van der Waals surface area contributed by atoms with Crippen molar-refractivity contribution in [3.8, 4) is 5.75 Å². The largest absolute Gasteiger partial charge is 0.491 e. The van der Waals surface area contributed by atoms with Crippen LogP contribution in [-0.4, -0.2) is 30.2 Å². The van der Waals surface area contributed by atoms with Crippen molar-refractivity contribution < 1.29 is 36.8 Å². The molecule has 1 aromatic carbocycles. The van der Waals surface area contributed by atoms with Crippen molar-refractivity contribution in [1.82, 2.24) is 5.16 Å². The predicted octanol–water partition coefficient (Wildman–Crippen LogP) is 3.89. The minimum atomic E-state index is -4.58. The number of rotatable bonds is 7. The molecule has 0 aliphatic heterocycles. The number of benzene rings is 1. The van der Waals surface area contributed by atoms with Gasteiger partial charge in [0.15, 0.2) is 6.61 Å². The van der Waals surface area contributed by atoms with Crippen LogP contribution < -0.4 is 10.1 Å². The second-order valence-corrected chi connectivity index (χ2v) is 5.88. The maximum Gasteiger partial charge on any atom is 0.416 e. The maximum absolute atomic E-state index is 12.9. The van der Waals surface area contributed by atoms with E-state index in [1.807, 2.05) is 6.92 Å². The van der Waals surface area contributed by atoms with Crippen molar-refractivity contribution in [2.75, 3.05) is 18.5 Å². The molecule has 1 amide bonds. The summed E-state index contributed by atoms with van der Waals surface area (Å²) in [7, 11) is 0. The summed E-state index contributed by atoms with van der Waals surface area (Å²) < 4.78 is 53.9. The molecule has 0 saturated heterocycles. The van der Waals surface area contributed by atoms with Crippen LogP contribution in [0, 0.1) is 13.8 Å². The third-order valence-corrected chi connectivity index (χ3v) is 3.61. The minimum absolute atomic E-state index is 0.0836. The minimum Gasteiger partial charge on any atom is -0.491 e. The number of amides is 1. The number of aromatic nitrogens is 1. The third kappa shape index (κ3) is 5.24. The molecule has 0 bridgehead atoms. The Morgan fingerprint density at radius 1 is 1.25 bits per heavy atom. The number of nitrogens with zero attached hydrogens (tertiary/aromatic N) is 1. The van der Waals surface area contributed by atoms with Crippen molar-refractivity contribution in [1.29, 1.82) is 0 Å². The highest BCUT2D eigenvalue weighted by molar-refractivity contribution is 5.97. The van der Waals surface area contributed by atoms with Crippen LogP contribution in [0.4, 0.5) is 18.9 Å². The number of ether oxygens (including phenoxy) is 2. The number of halogens is 3. The number of alkyl halides is 3. The fraction of sp³-hybridized carbons (Fsp3) is 0.389. The molecule has 152 valence electrons. The number of carbonyl (C=O) groups excluding carboxylic acids is 2. The molecule has 0 saturated carbocycles. The second-order valence-electron chi connectivity index (χ2n) is 5.88. The van der Waals surface area contributed by atoms with Crippen LogP contribution in [0.25, 0.3) is 0 Å². The Bertz CT molecular complexity index is 842. The van der Waals surface area contributed by atoms with Crippen molar-refractivity contribution in [3.05, 3.63) is 40.8 Å². The fourth-order valence-corrected chi connectivity index (χ4v) is 2.31. The summed E-state index contributed by atoms with van der Waals surface area (Å²) in [4.78, 5) is 24.1. The number of hydrogen-bond acceptors (Lipinski definition) is 6. The van der Waals surface area contributed by atoms with Crippen LogP contribution in [0.2, 0.25) is 0 Å². The van der Waals surface area contributed by atoms with Gasteiger partial charge in [-0.15, -0.1) is 0 Å². The van der Waals surface area contributed by atoms with Gasteiger partial charge in [0.05, 0.1) is 23.6 Å². The van der Waals surface area contributed by atoms with E-state index in [1.165, 1.54) is 13.8 Å². The normalized spacial score (nSPS) is 11.2. The first-order valence-electron chi connectivity index (χ1n) is 8.37. The van der Waals surface area contributed by atoms with Crippen LogP contribution in [0.5, 0.6) is 5.75 Å². The zero-order valence-corrected chi connectivity index (χ0v) is 15.5. The highest BCUT2D eigenvalue weighted by atomic mass is 19.4. The van der Waals surface area contributed by atoms with Crippen LogP contribution in [0.3, 0.4) is 0 Å². The Labute approximate surface area is 158 Å². The third-order valence-electron chi connectivity index (χ3n) is 3.61. The van der Waals surface area contributed by atoms with Crippen LogP contribution in [0.15, 0.2) is 22.7 Å². The van der Waals surface area contributed by atoms with Gasteiger partial charge >= 0.3 is 12.1 Å². The first-order chi connectivity index (χ1) is 13.1. The molecule has 28 heavy (non-hydrogen) atoms. The average Bonchev–Trinajstić information content (AvgIpc) is 2.96. The Morgan fingerprint density at radius 2 is 1.96 bits per heavy atom. The summed E-state index contributed by atoms with van der Waals surface area (Å²) in [5.41, 5.74) is -0.712. The van der Waals surface area contributed by atoms with Crippen LogP contribution >= 0.6 is 0 Å². The van der Waals surface area contributed by atoms with Gasteiger partial charge in [0.25, 0.3) is 5.91 Å². The van der Waals surface area contributed by atoms with Gasteiger partial charge in [-0.05, 0) is 38.5 Å².